The summed E-state index contributed by atoms with van der Waals surface area (Å²) in [7, 11) is 0. The first-order valence-corrected chi connectivity index (χ1v) is 11.0. The maximum atomic E-state index is 12.6. The summed E-state index contributed by atoms with van der Waals surface area (Å²) in [6, 6.07) is 0.0820. The third-order valence-electron chi connectivity index (χ3n) is 7.37. The lowest BCUT2D eigenvalue weighted by molar-refractivity contribution is 0.145. The third-order valence-corrected chi connectivity index (χ3v) is 7.37. The Hall–Kier alpha value is -1.60. The van der Waals surface area contributed by atoms with Crippen molar-refractivity contribution in [3.05, 3.63) is 11.8 Å². The van der Waals surface area contributed by atoms with Crippen LogP contribution < -0.4 is 11.1 Å². The second kappa shape index (κ2) is 8.26. The van der Waals surface area contributed by atoms with Crippen molar-refractivity contribution in [2.24, 2.45) is 33.4 Å². The van der Waals surface area contributed by atoms with E-state index in [4.69, 9.17) is 5.73 Å². The normalized spacial score (nSPS) is 28.3. The van der Waals surface area contributed by atoms with Gasteiger partial charge in [-0.1, -0.05) is 20.8 Å². The summed E-state index contributed by atoms with van der Waals surface area (Å²) in [6.07, 6.45) is 7.80. The number of piperidine rings is 1. The van der Waals surface area contributed by atoms with Gasteiger partial charge < -0.3 is 26.3 Å². The van der Waals surface area contributed by atoms with E-state index in [-0.39, 0.29) is 11.5 Å². The Morgan fingerprint density at radius 1 is 1.34 bits per heavy atom. The zero-order chi connectivity index (χ0) is 19.9. The molecule has 2 amide bonds. The number of fused-ring (bicyclic) bond motifs is 1. The molecule has 29 heavy (non-hydrogen) atoms. The largest absolute Gasteiger partial charge is 0.412 e. The van der Waals surface area contributed by atoms with E-state index in [1.54, 1.807) is 0 Å². The molecule has 164 valence electrons. The lowest BCUT2D eigenvalue weighted by Crippen LogP contribution is -2.41. The van der Waals surface area contributed by atoms with E-state index in [1.165, 1.54) is 50.9 Å². The number of nitrogens with one attached hydrogen (secondary N) is 1. The molecule has 4 rings (SSSR count). The van der Waals surface area contributed by atoms with Gasteiger partial charge in [-0.25, -0.2) is 9.79 Å². The van der Waals surface area contributed by atoms with E-state index < -0.39 is 0 Å². The number of nitrogens with zero attached hydrogens (tertiary/aromatic N) is 3. The summed E-state index contributed by atoms with van der Waals surface area (Å²) in [5.74, 6) is 1.72. The van der Waals surface area contributed by atoms with E-state index in [0.29, 0.717) is 35.0 Å². The van der Waals surface area contributed by atoms with Gasteiger partial charge in [0.15, 0.2) is 0 Å². The molecule has 1 aliphatic carbocycles. The summed E-state index contributed by atoms with van der Waals surface area (Å²) in [4.78, 5) is 21.4. The molecular weight excluding hydrogens is 366 g/mol. The zero-order valence-corrected chi connectivity index (χ0v) is 18.3. The summed E-state index contributed by atoms with van der Waals surface area (Å²) in [5, 5.41) is 3.21. The highest BCUT2D eigenvalue weighted by atomic mass is 16.2. The van der Waals surface area contributed by atoms with E-state index in [1.807, 2.05) is 11.1 Å². The number of hydrogen-bond donors (Lipinski definition) is 2. The monoisotopic (exact) mass is 405 g/mol. The van der Waals surface area contributed by atoms with Crippen LogP contribution >= 0.6 is 0 Å². The highest BCUT2D eigenvalue weighted by Crippen LogP contribution is 2.59. The fraction of sp³-hybridized carbons (Fsp3) is 0.818. The molecule has 0 radical (unpaired) electrons. The molecule has 2 atom stereocenters. The third kappa shape index (κ3) is 5.12. The van der Waals surface area contributed by atoms with Crippen molar-refractivity contribution >= 4 is 11.9 Å². The zero-order valence-electron chi connectivity index (χ0n) is 18.3. The lowest BCUT2D eigenvalue weighted by atomic mass is 9.88. The number of rotatable bonds is 4. The first-order chi connectivity index (χ1) is 13.2. The number of hydrogen-bond acceptors (Lipinski definition) is 4. The van der Waals surface area contributed by atoms with Crippen LogP contribution in [0.1, 0.15) is 52.9 Å². The van der Waals surface area contributed by atoms with Crippen LogP contribution in [0.4, 0.5) is 4.79 Å². The average molecular weight is 406 g/mol. The summed E-state index contributed by atoms with van der Waals surface area (Å²) in [5.41, 5.74) is 8.00. The van der Waals surface area contributed by atoms with Gasteiger partial charge in [-0.3, -0.25) is 0 Å². The van der Waals surface area contributed by atoms with Crippen molar-refractivity contribution < 1.29 is 10.3 Å². The molecule has 1 spiro atoms. The summed E-state index contributed by atoms with van der Waals surface area (Å²) < 4.78 is 0. The van der Waals surface area contributed by atoms with Gasteiger partial charge in [-0.05, 0) is 67.6 Å². The van der Waals surface area contributed by atoms with E-state index in [0.717, 1.165) is 19.5 Å². The van der Waals surface area contributed by atoms with Gasteiger partial charge in [0.1, 0.15) is 0 Å². The Bertz CT molecular complexity index is 673. The van der Waals surface area contributed by atoms with Gasteiger partial charge >= 0.3 is 6.03 Å². The minimum atomic E-state index is 0. The molecule has 7 nitrogen and oxygen atoms in total. The van der Waals surface area contributed by atoms with Crippen LogP contribution in [0.2, 0.25) is 0 Å². The Labute approximate surface area is 175 Å². The van der Waals surface area contributed by atoms with Crippen molar-refractivity contribution in [1.82, 2.24) is 15.1 Å². The van der Waals surface area contributed by atoms with Crippen molar-refractivity contribution in [2.45, 2.75) is 52.9 Å². The molecule has 3 fully saturated rings. The Balaban J connectivity index is 0.00000240. The van der Waals surface area contributed by atoms with Crippen LogP contribution in [0.5, 0.6) is 0 Å². The molecule has 0 aromatic rings. The SMILES string of the molecule is CC(C)(C)CCN1CCC2(CC1)CC2CNC(=O)N1CC2=CN=C(N)CC2C1.O. The number of likely N-dealkylation sites (tertiary alicyclic amines) is 2. The summed E-state index contributed by atoms with van der Waals surface area (Å²) >= 11 is 0. The molecule has 5 N–H and O–H groups in total. The molecule has 7 heteroatoms. The number of amides is 2. The van der Waals surface area contributed by atoms with Crippen LogP contribution in [-0.2, 0) is 0 Å². The van der Waals surface area contributed by atoms with Gasteiger partial charge in [-0.2, -0.15) is 0 Å². The fourth-order valence-corrected chi connectivity index (χ4v) is 5.14. The standard InChI is InChI=1S/C22H37N5O.H2O/c1-21(2,3)4-7-26-8-5-22(6-9-26)11-18(22)13-25-20(28)27-14-16-10-19(23)24-12-17(16)15-27;/h12,16,18H,4-11,13-15H2,1-3H3,(H2,23,24)(H,25,28);1H2. The van der Waals surface area contributed by atoms with E-state index in [2.05, 4.69) is 36.0 Å². The maximum absolute atomic E-state index is 12.6. The minimum Gasteiger partial charge on any atom is -0.412 e. The molecule has 1 saturated carbocycles. The van der Waals surface area contributed by atoms with Crippen LogP contribution in [0.25, 0.3) is 0 Å². The van der Waals surface area contributed by atoms with Crippen LogP contribution in [0, 0.1) is 22.7 Å². The molecule has 0 aromatic heterocycles. The second-order valence-corrected chi connectivity index (χ2v) is 10.7. The molecule has 3 heterocycles. The number of aliphatic imine (C=N–C) groups is 1. The highest BCUT2D eigenvalue weighted by molar-refractivity contribution is 5.83. The Morgan fingerprint density at radius 3 is 2.76 bits per heavy atom. The summed E-state index contributed by atoms with van der Waals surface area (Å²) in [6.45, 7) is 13.0. The fourth-order valence-electron chi connectivity index (χ4n) is 5.14. The number of carbonyl (C=O) groups excluding carboxylic acids is 1. The molecule has 0 bridgehead atoms. The molecule has 2 unspecified atom stereocenters. The van der Waals surface area contributed by atoms with Gasteiger partial charge in [0, 0.05) is 38.2 Å². The number of amidine groups is 1. The van der Waals surface area contributed by atoms with E-state index >= 15 is 0 Å². The van der Waals surface area contributed by atoms with Crippen molar-refractivity contribution in [3.8, 4) is 0 Å². The van der Waals surface area contributed by atoms with Gasteiger partial charge in [-0.15, -0.1) is 0 Å². The van der Waals surface area contributed by atoms with E-state index in [9.17, 15) is 4.79 Å². The maximum Gasteiger partial charge on any atom is 0.317 e. The Kier molecular flexibility index (Phi) is 6.30. The van der Waals surface area contributed by atoms with Gasteiger partial charge in [0.2, 0.25) is 0 Å². The average Bonchev–Trinajstić information content (AvgIpc) is 3.12. The number of carbonyl (C=O) groups is 1. The highest BCUT2D eigenvalue weighted by Gasteiger charge is 2.54. The van der Waals surface area contributed by atoms with Crippen LogP contribution in [0.15, 0.2) is 16.8 Å². The first-order valence-electron chi connectivity index (χ1n) is 11.0. The smallest absolute Gasteiger partial charge is 0.317 e. The molecule has 3 aliphatic heterocycles. The van der Waals surface area contributed by atoms with Crippen LogP contribution in [0.3, 0.4) is 0 Å². The molecule has 0 aromatic carbocycles. The first kappa shape index (κ1) is 22.1. The van der Waals surface area contributed by atoms with Gasteiger partial charge in [0.25, 0.3) is 0 Å². The second-order valence-electron chi connectivity index (χ2n) is 10.7. The predicted octanol–water partition coefficient (Wildman–Crippen LogP) is 1.99. The topological polar surface area (TPSA) is 105 Å². The quantitative estimate of drug-likeness (QED) is 0.747. The molecule has 4 aliphatic rings. The van der Waals surface area contributed by atoms with Gasteiger partial charge in [0.05, 0.1) is 5.84 Å². The number of urea groups is 1. The van der Waals surface area contributed by atoms with Crippen molar-refractivity contribution in [2.75, 3.05) is 39.3 Å². The van der Waals surface area contributed by atoms with Crippen LogP contribution in [-0.4, -0.2) is 66.4 Å². The Morgan fingerprint density at radius 2 is 2.07 bits per heavy atom. The predicted molar refractivity (Wildman–Crippen MR) is 117 cm³/mol. The van der Waals surface area contributed by atoms with Crippen molar-refractivity contribution in [3.63, 3.8) is 0 Å². The minimum absolute atomic E-state index is 0. The van der Waals surface area contributed by atoms with Crippen molar-refractivity contribution in [1.29, 1.82) is 0 Å². The molecular formula is C22H39N5O2. The molecule has 2 saturated heterocycles. The lowest BCUT2D eigenvalue weighted by Gasteiger charge is -2.34. The number of nitrogens with two attached hydrogens (primary N) is 1.